The maximum Gasteiger partial charge on any atom is 0.243 e. The molecule has 3 aromatic carbocycles. The first-order valence-corrected chi connectivity index (χ1v) is 11.0. The van der Waals surface area contributed by atoms with Gasteiger partial charge in [-0.25, -0.2) is 4.39 Å². The van der Waals surface area contributed by atoms with Crippen LogP contribution in [0, 0.1) is 5.82 Å². The van der Waals surface area contributed by atoms with Gasteiger partial charge >= 0.3 is 0 Å². The molecule has 3 aromatic rings. The summed E-state index contributed by atoms with van der Waals surface area (Å²) in [5, 5.41) is 2.95. The highest BCUT2D eigenvalue weighted by molar-refractivity contribution is 5.88. The van der Waals surface area contributed by atoms with E-state index in [4.69, 9.17) is 0 Å². The topological polar surface area (TPSA) is 49.4 Å². The lowest BCUT2D eigenvalue weighted by molar-refractivity contribution is -0.140. The van der Waals surface area contributed by atoms with E-state index in [1.807, 2.05) is 67.6 Å². The molecule has 0 bridgehead atoms. The normalized spacial score (nSPS) is 11.6. The average Bonchev–Trinajstić information content (AvgIpc) is 2.82. The number of hydrogen-bond donors (Lipinski definition) is 1. The SMILES string of the molecule is CCCNC(=O)C(Cc1ccccc1)N(Cc1ccc(F)cc1)C(=O)Cc1ccccc1. The largest absolute Gasteiger partial charge is 0.354 e. The molecule has 0 aromatic heterocycles. The summed E-state index contributed by atoms with van der Waals surface area (Å²) in [5.41, 5.74) is 2.63. The lowest BCUT2D eigenvalue weighted by Crippen LogP contribution is -2.51. The molecular formula is C27H29FN2O2. The molecular weight excluding hydrogens is 403 g/mol. The van der Waals surface area contributed by atoms with E-state index in [0.29, 0.717) is 13.0 Å². The number of nitrogens with zero attached hydrogens (tertiary/aromatic N) is 1. The summed E-state index contributed by atoms with van der Waals surface area (Å²) < 4.78 is 13.4. The molecule has 0 aliphatic heterocycles. The van der Waals surface area contributed by atoms with Gasteiger partial charge in [0.1, 0.15) is 11.9 Å². The Morgan fingerprint density at radius 2 is 1.44 bits per heavy atom. The number of carbonyl (C=O) groups excluding carboxylic acids is 2. The van der Waals surface area contributed by atoms with Gasteiger partial charge in [0.2, 0.25) is 11.8 Å². The first-order valence-electron chi connectivity index (χ1n) is 11.0. The minimum Gasteiger partial charge on any atom is -0.354 e. The van der Waals surface area contributed by atoms with Crippen molar-refractivity contribution in [2.45, 2.75) is 38.8 Å². The predicted octanol–water partition coefficient (Wildman–Crippen LogP) is 4.53. The van der Waals surface area contributed by atoms with E-state index in [2.05, 4.69) is 5.32 Å². The highest BCUT2D eigenvalue weighted by Crippen LogP contribution is 2.17. The third kappa shape index (κ3) is 6.77. The van der Waals surface area contributed by atoms with Crippen molar-refractivity contribution in [3.05, 3.63) is 107 Å². The Hall–Kier alpha value is -3.47. The molecule has 0 heterocycles. The van der Waals surface area contributed by atoms with E-state index in [9.17, 15) is 14.0 Å². The summed E-state index contributed by atoms with van der Waals surface area (Å²) in [6, 6.07) is 24.5. The molecule has 0 radical (unpaired) electrons. The minimum absolute atomic E-state index is 0.145. The van der Waals surface area contributed by atoms with Crippen LogP contribution in [0.1, 0.15) is 30.0 Å². The molecule has 4 nitrogen and oxygen atoms in total. The lowest BCUT2D eigenvalue weighted by atomic mass is 10.0. The Morgan fingerprint density at radius 1 is 0.844 bits per heavy atom. The monoisotopic (exact) mass is 432 g/mol. The Morgan fingerprint density at radius 3 is 2.03 bits per heavy atom. The maximum atomic E-state index is 13.5. The molecule has 0 saturated carbocycles. The van der Waals surface area contributed by atoms with Gasteiger partial charge in [0.05, 0.1) is 6.42 Å². The fraction of sp³-hybridized carbons (Fsp3) is 0.259. The van der Waals surface area contributed by atoms with Crippen LogP contribution < -0.4 is 5.32 Å². The third-order valence-electron chi connectivity index (χ3n) is 5.28. The Balaban J connectivity index is 1.93. The molecule has 32 heavy (non-hydrogen) atoms. The Labute approximate surface area is 189 Å². The summed E-state index contributed by atoms with van der Waals surface area (Å²) in [5.74, 6) is -0.662. The fourth-order valence-corrected chi connectivity index (χ4v) is 3.58. The summed E-state index contributed by atoms with van der Waals surface area (Å²) in [4.78, 5) is 28.3. The van der Waals surface area contributed by atoms with Crippen LogP contribution >= 0.6 is 0 Å². The van der Waals surface area contributed by atoms with Crippen LogP contribution in [0.3, 0.4) is 0 Å². The highest BCUT2D eigenvalue weighted by atomic mass is 19.1. The average molecular weight is 433 g/mol. The first-order chi connectivity index (χ1) is 15.6. The van der Waals surface area contributed by atoms with Gasteiger partial charge in [0.25, 0.3) is 0 Å². The predicted molar refractivity (Wildman–Crippen MR) is 124 cm³/mol. The zero-order valence-corrected chi connectivity index (χ0v) is 18.3. The van der Waals surface area contributed by atoms with Gasteiger partial charge in [0, 0.05) is 19.5 Å². The highest BCUT2D eigenvalue weighted by Gasteiger charge is 2.30. The Kier molecular flexibility index (Phi) is 8.55. The van der Waals surface area contributed by atoms with Crippen LogP contribution in [0.4, 0.5) is 4.39 Å². The van der Waals surface area contributed by atoms with Crippen molar-refractivity contribution in [3.8, 4) is 0 Å². The quantitative estimate of drug-likeness (QED) is 0.512. The molecule has 0 spiro atoms. The summed E-state index contributed by atoms with van der Waals surface area (Å²) >= 11 is 0. The van der Waals surface area contributed by atoms with Gasteiger partial charge in [-0.15, -0.1) is 0 Å². The van der Waals surface area contributed by atoms with Crippen LogP contribution in [0.2, 0.25) is 0 Å². The van der Waals surface area contributed by atoms with Crippen LogP contribution in [-0.2, 0) is 29.0 Å². The van der Waals surface area contributed by atoms with E-state index < -0.39 is 6.04 Å². The number of amides is 2. The molecule has 166 valence electrons. The van der Waals surface area contributed by atoms with Crippen molar-refractivity contribution < 1.29 is 14.0 Å². The van der Waals surface area contributed by atoms with Crippen LogP contribution in [0.25, 0.3) is 0 Å². The fourth-order valence-electron chi connectivity index (χ4n) is 3.58. The maximum absolute atomic E-state index is 13.5. The van der Waals surface area contributed by atoms with Crippen molar-refractivity contribution in [2.24, 2.45) is 0 Å². The first kappa shape index (κ1) is 23.2. The zero-order valence-electron chi connectivity index (χ0n) is 18.3. The molecule has 0 aliphatic rings. The van der Waals surface area contributed by atoms with Gasteiger partial charge in [0.15, 0.2) is 0 Å². The van der Waals surface area contributed by atoms with Crippen LogP contribution in [-0.4, -0.2) is 29.3 Å². The number of benzene rings is 3. The molecule has 2 amide bonds. The summed E-state index contributed by atoms with van der Waals surface area (Å²) in [6.07, 6.45) is 1.40. The number of rotatable bonds is 10. The van der Waals surface area contributed by atoms with Crippen molar-refractivity contribution in [1.29, 1.82) is 0 Å². The molecule has 5 heteroatoms. The van der Waals surface area contributed by atoms with E-state index >= 15 is 0 Å². The van der Waals surface area contributed by atoms with Crippen molar-refractivity contribution >= 4 is 11.8 Å². The van der Waals surface area contributed by atoms with Crippen LogP contribution in [0.15, 0.2) is 84.9 Å². The third-order valence-corrected chi connectivity index (χ3v) is 5.28. The van der Waals surface area contributed by atoms with Crippen molar-refractivity contribution in [2.75, 3.05) is 6.54 Å². The standard InChI is InChI=1S/C27H29FN2O2/c1-2-17-29-27(32)25(18-21-9-5-3-6-10-21)30(20-23-13-15-24(28)16-14-23)26(31)19-22-11-7-4-8-12-22/h3-16,25H,2,17-20H2,1H3,(H,29,32). The van der Waals surface area contributed by atoms with Crippen LogP contribution in [0.5, 0.6) is 0 Å². The van der Waals surface area contributed by atoms with E-state index in [1.165, 1.54) is 12.1 Å². The van der Waals surface area contributed by atoms with Crippen molar-refractivity contribution in [1.82, 2.24) is 10.2 Å². The summed E-state index contributed by atoms with van der Waals surface area (Å²) in [7, 11) is 0. The second-order valence-electron chi connectivity index (χ2n) is 7.81. The van der Waals surface area contributed by atoms with Crippen molar-refractivity contribution in [3.63, 3.8) is 0 Å². The summed E-state index contributed by atoms with van der Waals surface area (Å²) in [6.45, 7) is 2.76. The molecule has 0 fully saturated rings. The number of hydrogen-bond acceptors (Lipinski definition) is 2. The van der Waals surface area contributed by atoms with Gasteiger partial charge in [-0.2, -0.15) is 0 Å². The van der Waals surface area contributed by atoms with E-state index in [-0.39, 0.29) is 30.6 Å². The molecule has 0 aliphatic carbocycles. The zero-order chi connectivity index (χ0) is 22.8. The van der Waals surface area contributed by atoms with Gasteiger partial charge in [-0.1, -0.05) is 79.7 Å². The number of halogens is 1. The minimum atomic E-state index is -0.676. The number of nitrogens with one attached hydrogen (secondary N) is 1. The molecule has 1 N–H and O–H groups in total. The van der Waals surface area contributed by atoms with E-state index in [1.54, 1.807) is 17.0 Å². The second kappa shape index (κ2) is 11.8. The second-order valence-corrected chi connectivity index (χ2v) is 7.81. The smallest absolute Gasteiger partial charge is 0.243 e. The molecule has 3 rings (SSSR count). The lowest BCUT2D eigenvalue weighted by Gasteiger charge is -2.31. The Bertz CT molecular complexity index is 991. The van der Waals surface area contributed by atoms with Gasteiger partial charge in [-0.05, 0) is 35.2 Å². The molecule has 1 unspecified atom stereocenters. The van der Waals surface area contributed by atoms with E-state index in [0.717, 1.165) is 23.1 Å². The molecule has 0 saturated heterocycles. The number of carbonyl (C=O) groups is 2. The van der Waals surface area contributed by atoms with Gasteiger partial charge < -0.3 is 10.2 Å². The molecule has 1 atom stereocenters. The van der Waals surface area contributed by atoms with Gasteiger partial charge in [-0.3, -0.25) is 9.59 Å².